The summed E-state index contributed by atoms with van der Waals surface area (Å²) in [7, 11) is 0. The average molecular weight is 441 g/mol. The molecule has 0 N–H and O–H groups in total. The number of hydrogen-bond donors (Lipinski definition) is 0. The molecule has 2 fully saturated rings. The summed E-state index contributed by atoms with van der Waals surface area (Å²) >= 11 is 0. The van der Waals surface area contributed by atoms with Crippen molar-refractivity contribution in [3.05, 3.63) is 48.6 Å². The fourth-order valence-corrected chi connectivity index (χ4v) is 5.09. The van der Waals surface area contributed by atoms with Gasteiger partial charge >= 0.3 is 11.9 Å². The first-order valence-electron chi connectivity index (χ1n) is 11.0. The summed E-state index contributed by atoms with van der Waals surface area (Å²) in [5.41, 5.74) is -1.82. The number of ether oxygens (including phenoxy) is 4. The highest BCUT2D eigenvalue weighted by Crippen LogP contribution is 2.55. The van der Waals surface area contributed by atoms with E-state index in [1.165, 1.54) is 6.92 Å². The first-order valence-corrected chi connectivity index (χ1v) is 11.0. The van der Waals surface area contributed by atoms with Gasteiger partial charge in [0.25, 0.3) is 0 Å². The SMILES string of the molecule is C#C[C@](CCOCc1ccccc1)(C[C@]12OC(=O)C[C@H]1OC(C)(C)[C@@H]2CC=C)OC(C)=O. The van der Waals surface area contributed by atoms with Crippen LogP contribution in [0, 0.1) is 18.3 Å². The van der Waals surface area contributed by atoms with Crippen LogP contribution in [0.1, 0.15) is 52.0 Å². The summed E-state index contributed by atoms with van der Waals surface area (Å²) in [6.45, 7) is 9.83. The molecule has 0 unspecified atom stereocenters. The van der Waals surface area contributed by atoms with E-state index >= 15 is 0 Å². The van der Waals surface area contributed by atoms with Crippen LogP contribution in [0.15, 0.2) is 43.0 Å². The van der Waals surface area contributed by atoms with E-state index in [0.717, 1.165) is 5.56 Å². The minimum Gasteiger partial charge on any atom is -0.456 e. The van der Waals surface area contributed by atoms with Crippen LogP contribution in [0.4, 0.5) is 0 Å². The lowest BCUT2D eigenvalue weighted by Crippen LogP contribution is -2.52. The molecule has 2 heterocycles. The van der Waals surface area contributed by atoms with E-state index in [0.29, 0.717) is 13.0 Å². The van der Waals surface area contributed by atoms with Gasteiger partial charge in [0.2, 0.25) is 0 Å². The minimum absolute atomic E-state index is 0.141. The Kier molecular flexibility index (Phi) is 7.12. The zero-order valence-corrected chi connectivity index (χ0v) is 19.1. The molecule has 32 heavy (non-hydrogen) atoms. The molecule has 1 aromatic rings. The largest absolute Gasteiger partial charge is 0.456 e. The van der Waals surface area contributed by atoms with E-state index in [-0.39, 0.29) is 37.8 Å². The van der Waals surface area contributed by atoms with Gasteiger partial charge in [0.1, 0.15) is 11.7 Å². The van der Waals surface area contributed by atoms with Crippen molar-refractivity contribution in [2.45, 2.75) is 76.0 Å². The summed E-state index contributed by atoms with van der Waals surface area (Å²) in [5, 5.41) is 0. The first kappa shape index (κ1) is 24.0. The van der Waals surface area contributed by atoms with E-state index in [1.807, 2.05) is 44.2 Å². The molecular formula is C26H32O6. The first-order chi connectivity index (χ1) is 15.2. The monoisotopic (exact) mass is 440 g/mol. The van der Waals surface area contributed by atoms with Crippen LogP contribution in [-0.2, 0) is 35.1 Å². The average Bonchev–Trinajstić information content (AvgIpc) is 3.12. The molecule has 0 aliphatic carbocycles. The van der Waals surface area contributed by atoms with Gasteiger partial charge in [-0.2, -0.15) is 0 Å². The molecule has 0 bridgehead atoms. The van der Waals surface area contributed by atoms with Gasteiger partial charge in [-0.25, -0.2) is 0 Å². The van der Waals surface area contributed by atoms with Crippen molar-refractivity contribution in [1.29, 1.82) is 0 Å². The molecule has 0 amide bonds. The highest BCUT2D eigenvalue weighted by atomic mass is 16.6. The highest BCUT2D eigenvalue weighted by molar-refractivity contribution is 5.74. The summed E-state index contributed by atoms with van der Waals surface area (Å²) in [5.74, 6) is 1.67. The molecule has 3 rings (SSSR count). The number of carbonyl (C=O) groups is 2. The van der Waals surface area contributed by atoms with Crippen LogP contribution < -0.4 is 0 Å². The molecule has 0 radical (unpaired) electrons. The Morgan fingerprint density at radius 3 is 2.72 bits per heavy atom. The van der Waals surface area contributed by atoms with Crippen LogP contribution in [0.3, 0.4) is 0 Å². The summed E-state index contributed by atoms with van der Waals surface area (Å²) in [6, 6.07) is 9.77. The smallest absolute Gasteiger partial charge is 0.309 e. The van der Waals surface area contributed by atoms with Crippen LogP contribution >= 0.6 is 0 Å². The number of rotatable bonds is 10. The molecule has 0 saturated carbocycles. The Morgan fingerprint density at radius 2 is 2.09 bits per heavy atom. The van der Waals surface area contributed by atoms with Gasteiger partial charge in [-0.05, 0) is 25.8 Å². The predicted octanol–water partition coefficient (Wildman–Crippen LogP) is 3.97. The fourth-order valence-electron chi connectivity index (χ4n) is 5.09. The Labute approximate surface area is 190 Å². The lowest BCUT2D eigenvalue weighted by atomic mass is 9.70. The fraction of sp³-hybridized carbons (Fsp3) is 0.538. The molecule has 0 aromatic heterocycles. The number of allylic oxidation sites excluding steroid dienone is 1. The summed E-state index contributed by atoms with van der Waals surface area (Å²) in [4.78, 5) is 24.3. The Morgan fingerprint density at radius 1 is 1.38 bits per heavy atom. The van der Waals surface area contributed by atoms with Gasteiger partial charge in [-0.3, -0.25) is 9.59 Å². The van der Waals surface area contributed by atoms with Gasteiger partial charge < -0.3 is 18.9 Å². The van der Waals surface area contributed by atoms with E-state index < -0.39 is 28.9 Å². The van der Waals surface area contributed by atoms with Crippen molar-refractivity contribution < 1.29 is 28.5 Å². The van der Waals surface area contributed by atoms with Crippen LogP contribution in [0.5, 0.6) is 0 Å². The zero-order chi connectivity index (χ0) is 23.4. The molecule has 6 heteroatoms. The maximum absolute atomic E-state index is 12.3. The minimum atomic E-state index is -1.30. The third-order valence-corrected chi connectivity index (χ3v) is 6.40. The van der Waals surface area contributed by atoms with Gasteiger partial charge in [0.15, 0.2) is 5.60 Å². The van der Waals surface area contributed by atoms with Crippen molar-refractivity contribution in [3.8, 4) is 12.3 Å². The second-order valence-corrected chi connectivity index (χ2v) is 9.12. The molecule has 2 saturated heterocycles. The lowest BCUT2D eigenvalue weighted by Gasteiger charge is -2.41. The van der Waals surface area contributed by atoms with Crippen molar-refractivity contribution >= 4 is 11.9 Å². The number of carbonyl (C=O) groups excluding carboxylic acids is 2. The highest BCUT2D eigenvalue weighted by Gasteiger charge is 2.67. The number of terminal acetylenes is 1. The standard InChI is InChI=1S/C26H32O6/c1-6-11-21-24(4,5)31-22-16-23(28)32-26(21,22)18-25(7-2,30-19(3)27)14-15-29-17-20-12-9-8-10-13-20/h2,6,8-10,12-13,21-22H,1,11,14-18H2,3-5H3/t21-,22+,25-,26+/m0/s1. The summed E-state index contributed by atoms with van der Waals surface area (Å²) in [6.07, 6.45) is 8.39. The van der Waals surface area contributed by atoms with Gasteiger partial charge in [-0.1, -0.05) is 42.3 Å². The number of fused-ring (bicyclic) bond motifs is 1. The number of hydrogen-bond acceptors (Lipinski definition) is 6. The number of benzene rings is 1. The second kappa shape index (κ2) is 9.48. The molecule has 4 atom stereocenters. The van der Waals surface area contributed by atoms with E-state index in [1.54, 1.807) is 6.08 Å². The van der Waals surface area contributed by atoms with Gasteiger partial charge in [-0.15, -0.1) is 13.0 Å². The van der Waals surface area contributed by atoms with Gasteiger partial charge in [0.05, 0.1) is 25.2 Å². The van der Waals surface area contributed by atoms with Crippen molar-refractivity contribution in [3.63, 3.8) is 0 Å². The van der Waals surface area contributed by atoms with Crippen LogP contribution in [0.2, 0.25) is 0 Å². The number of esters is 2. The Bertz CT molecular complexity index is 885. The molecular weight excluding hydrogens is 408 g/mol. The maximum Gasteiger partial charge on any atom is 0.309 e. The topological polar surface area (TPSA) is 71.1 Å². The second-order valence-electron chi connectivity index (χ2n) is 9.12. The molecule has 172 valence electrons. The maximum atomic E-state index is 12.3. The third-order valence-electron chi connectivity index (χ3n) is 6.40. The van der Waals surface area contributed by atoms with E-state index in [9.17, 15) is 9.59 Å². The quantitative estimate of drug-likeness (QED) is 0.237. The van der Waals surface area contributed by atoms with E-state index in [4.69, 9.17) is 25.4 Å². The third kappa shape index (κ3) is 4.90. The van der Waals surface area contributed by atoms with E-state index in [2.05, 4.69) is 12.5 Å². The molecule has 0 spiro atoms. The molecule has 2 aliphatic rings. The zero-order valence-electron chi connectivity index (χ0n) is 19.1. The normalized spacial score (nSPS) is 27.6. The van der Waals surface area contributed by atoms with Crippen molar-refractivity contribution in [2.75, 3.05) is 6.61 Å². The Balaban J connectivity index is 1.84. The van der Waals surface area contributed by atoms with Crippen molar-refractivity contribution in [1.82, 2.24) is 0 Å². The Hall–Kier alpha value is -2.62. The van der Waals surface area contributed by atoms with Crippen LogP contribution in [-0.4, -0.2) is 41.5 Å². The lowest BCUT2D eigenvalue weighted by molar-refractivity contribution is -0.168. The van der Waals surface area contributed by atoms with Crippen LogP contribution in [0.25, 0.3) is 0 Å². The van der Waals surface area contributed by atoms with Crippen molar-refractivity contribution in [2.24, 2.45) is 5.92 Å². The summed E-state index contributed by atoms with van der Waals surface area (Å²) < 4.78 is 23.7. The molecule has 1 aromatic carbocycles. The van der Waals surface area contributed by atoms with Gasteiger partial charge in [0, 0.05) is 25.7 Å². The molecule has 6 nitrogen and oxygen atoms in total. The predicted molar refractivity (Wildman–Crippen MR) is 119 cm³/mol. The molecule has 2 aliphatic heterocycles.